The van der Waals surface area contributed by atoms with Crippen LogP contribution in [0.3, 0.4) is 0 Å². The Hall–Kier alpha value is -2.80. The van der Waals surface area contributed by atoms with Crippen molar-refractivity contribution < 1.29 is 9.21 Å². The molecule has 0 radical (unpaired) electrons. The molecule has 19 heavy (non-hydrogen) atoms. The summed E-state index contributed by atoms with van der Waals surface area (Å²) >= 11 is 0. The van der Waals surface area contributed by atoms with Gasteiger partial charge in [0.05, 0.1) is 17.1 Å². The molecule has 0 atom stereocenters. The molecule has 1 amide bonds. The molecule has 2 aromatic carbocycles. The van der Waals surface area contributed by atoms with Crippen LogP contribution in [0.2, 0.25) is 0 Å². The largest absolute Gasteiger partial charge is 0.456 e. The molecule has 92 valence electrons. The van der Waals surface area contributed by atoms with E-state index in [0.717, 1.165) is 21.9 Å². The van der Waals surface area contributed by atoms with E-state index >= 15 is 0 Å². The maximum Gasteiger partial charge on any atom is 0.238 e. The van der Waals surface area contributed by atoms with Gasteiger partial charge < -0.3 is 9.73 Å². The third-order valence-electron chi connectivity index (χ3n) is 2.92. The van der Waals surface area contributed by atoms with Gasteiger partial charge in [-0.05, 0) is 18.2 Å². The van der Waals surface area contributed by atoms with E-state index in [1.165, 1.54) is 0 Å². The summed E-state index contributed by atoms with van der Waals surface area (Å²) in [6.45, 7) is 0. The van der Waals surface area contributed by atoms with Crippen LogP contribution in [0.25, 0.3) is 21.9 Å². The molecule has 1 N–H and O–H groups in total. The molecule has 0 unspecified atom stereocenters. The van der Waals surface area contributed by atoms with E-state index in [-0.39, 0.29) is 12.3 Å². The first-order chi connectivity index (χ1) is 9.29. The summed E-state index contributed by atoms with van der Waals surface area (Å²) in [5, 5.41) is 13.1. The quantitative estimate of drug-likeness (QED) is 0.757. The number of hydrogen-bond donors (Lipinski definition) is 1. The number of fused-ring (bicyclic) bond motifs is 3. The molecule has 0 saturated heterocycles. The number of anilines is 1. The smallest absolute Gasteiger partial charge is 0.238 e. The summed E-state index contributed by atoms with van der Waals surface area (Å²) in [5.41, 5.74) is 2.16. The molecule has 0 fully saturated rings. The number of para-hydroxylation sites is 1. The molecule has 1 aromatic heterocycles. The molecule has 3 aromatic rings. The van der Waals surface area contributed by atoms with Crippen LogP contribution in [0.15, 0.2) is 46.9 Å². The molecule has 0 aliphatic rings. The Kier molecular flexibility index (Phi) is 2.66. The van der Waals surface area contributed by atoms with Gasteiger partial charge in [-0.3, -0.25) is 4.79 Å². The first-order valence-electron chi connectivity index (χ1n) is 5.86. The van der Waals surface area contributed by atoms with Crippen LogP contribution in [-0.4, -0.2) is 5.91 Å². The van der Waals surface area contributed by atoms with Gasteiger partial charge in [0.15, 0.2) is 0 Å². The molecule has 0 bridgehead atoms. The van der Waals surface area contributed by atoms with Gasteiger partial charge >= 0.3 is 0 Å². The normalized spacial score (nSPS) is 10.5. The highest BCUT2D eigenvalue weighted by Gasteiger charge is 2.11. The van der Waals surface area contributed by atoms with Gasteiger partial charge in [-0.15, -0.1) is 0 Å². The van der Waals surface area contributed by atoms with E-state index in [1.807, 2.05) is 42.5 Å². The number of furan rings is 1. The lowest BCUT2D eigenvalue weighted by Gasteiger charge is -2.03. The predicted molar refractivity (Wildman–Crippen MR) is 72.6 cm³/mol. The van der Waals surface area contributed by atoms with Crippen molar-refractivity contribution in [2.45, 2.75) is 6.42 Å². The van der Waals surface area contributed by atoms with Crippen LogP contribution < -0.4 is 5.32 Å². The van der Waals surface area contributed by atoms with Gasteiger partial charge in [-0.2, -0.15) is 5.26 Å². The van der Waals surface area contributed by atoms with Gasteiger partial charge in [-0.1, -0.05) is 24.3 Å². The van der Waals surface area contributed by atoms with Gasteiger partial charge in [0.25, 0.3) is 0 Å². The highest BCUT2D eigenvalue weighted by atomic mass is 16.3. The number of nitriles is 1. The van der Waals surface area contributed by atoms with Crippen molar-refractivity contribution in [3.05, 3.63) is 42.5 Å². The summed E-state index contributed by atoms with van der Waals surface area (Å²) in [5.74, 6) is -0.319. The van der Waals surface area contributed by atoms with Crippen molar-refractivity contribution in [2.75, 3.05) is 5.32 Å². The summed E-state index contributed by atoms with van der Waals surface area (Å²) < 4.78 is 5.72. The van der Waals surface area contributed by atoms with Crippen molar-refractivity contribution in [3.8, 4) is 6.07 Å². The summed E-state index contributed by atoms with van der Waals surface area (Å²) in [6.07, 6.45) is -0.161. The molecule has 0 aliphatic carbocycles. The third-order valence-corrected chi connectivity index (χ3v) is 2.92. The summed E-state index contributed by atoms with van der Waals surface area (Å²) in [4.78, 5) is 11.5. The first-order valence-corrected chi connectivity index (χ1v) is 5.86. The van der Waals surface area contributed by atoms with E-state index < -0.39 is 0 Å². The third kappa shape index (κ3) is 1.91. The van der Waals surface area contributed by atoms with E-state index in [1.54, 1.807) is 6.07 Å². The second-order valence-corrected chi connectivity index (χ2v) is 4.16. The van der Waals surface area contributed by atoms with Gasteiger partial charge in [-0.25, -0.2) is 0 Å². The maximum atomic E-state index is 11.5. The van der Waals surface area contributed by atoms with Crippen LogP contribution in [0.4, 0.5) is 5.69 Å². The van der Waals surface area contributed by atoms with Gasteiger partial charge in [0.1, 0.15) is 17.6 Å². The Balaban J connectivity index is 2.19. The zero-order valence-electron chi connectivity index (χ0n) is 10.0. The Morgan fingerprint density at radius 2 is 1.95 bits per heavy atom. The van der Waals surface area contributed by atoms with Crippen molar-refractivity contribution in [3.63, 3.8) is 0 Å². The number of rotatable bonds is 2. The number of nitrogens with one attached hydrogen (secondary N) is 1. The lowest BCUT2D eigenvalue weighted by atomic mass is 10.1. The zero-order chi connectivity index (χ0) is 13.2. The SMILES string of the molecule is N#CCC(=O)Nc1cccc2oc3ccccc3c12. The Morgan fingerprint density at radius 1 is 1.16 bits per heavy atom. The second kappa shape index (κ2) is 4.46. The van der Waals surface area contributed by atoms with E-state index in [2.05, 4.69) is 5.32 Å². The van der Waals surface area contributed by atoms with Crippen molar-refractivity contribution in [1.29, 1.82) is 5.26 Å². The molecule has 0 saturated carbocycles. The maximum absolute atomic E-state index is 11.5. The number of carbonyl (C=O) groups is 1. The second-order valence-electron chi connectivity index (χ2n) is 4.16. The van der Waals surface area contributed by atoms with Crippen LogP contribution in [0, 0.1) is 11.3 Å². The average molecular weight is 250 g/mol. The Labute approximate surface area is 109 Å². The molecule has 4 nitrogen and oxygen atoms in total. The Bertz CT molecular complexity index is 812. The van der Waals surface area contributed by atoms with Crippen LogP contribution >= 0.6 is 0 Å². The number of nitrogens with zero attached hydrogens (tertiary/aromatic N) is 1. The fourth-order valence-corrected chi connectivity index (χ4v) is 2.15. The van der Waals surface area contributed by atoms with Gasteiger partial charge in [0.2, 0.25) is 5.91 Å². The summed E-state index contributed by atoms with van der Waals surface area (Å²) in [6, 6.07) is 15.0. The van der Waals surface area contributed by atoms with E-state index in [4.69, 9.17) is 9.68 Å². The molecule has 3 rings (SSSR count). The molecule has 0 spiro atoms. The minimum absolute atomic E-state index is 0.161. The van der Waals surface area contributed by atoms with Crippen molar-refractivity contribution >= 4 is 33.5 Å². The fourth-order valence-electron chi connectivity index (χ4n) is 2.15. The van der Waals surface area contributed by atoms with E-state index in [9.17, 15) is 4.79 Å². The highest BCUT2D eigenvalue weighted by molar-refractivity contribution is 6.14. The summed E-state index contributed by atoms with van der Waals surface area (Å²) in [7, 11) is 0. The molecule has 4 heteroatoms. The average Bonchev–Trinajstić information content (AvgIpc) is 2.78. The zero-order valence-corrected chi connectivity index (χ0v) is 10.0. The minimum Gasteiger partial charge on any atom is -0.456 e. The first kappa shape index (κ1) is 11.3. The lowest BCUT2D eigenvalue weighted by molar-refractivity contribution is -0.115. The monoisotopic (exact) mass is 250 g/mol. The van der Waals surface area contributed by atoms with Crippen molar-refractivity contribution in [1.82, 2.24) is 0 Å². The standard InChI is InChI=1S/C15H10N2O2/c16-9-8-14(18)17-11-5-3-7-13-15(11)10-4-1-2-6-12(10)19-13/h1-7H,8H2,(H,17,18). The number of hydrogen-bond acceptors (Lipinski definition) is 3. The van der Waals surface area contributed by atoms with Crippen molar-refractivity contribution in [2.24, 2.45) is 0 Å². The molecule has 1 heterocycles. The number of carbonyl (C=O) groups excluding carboxylic acids is 1. The van der Waals surface area contributed by atoms with Crippen LogP contribution in [-0.2, 0) is 4.79 Å². The Morgan fingerprint density at radius 3 is 2.79 bits per heavy atom. The van der Waals surface area contributed by atoms with E-state index in [0.29, 0.717) is 5.69 Å². The fraction of sp³-hybridized carbons (Fsp3) is 0.0667. The number of benzene rings is 2. The molecular weight excluding hydrogens is 240 g/mol. The molecular formula is C15H10N2O2. The lowest BCUT2D eigenvalue weighted by Crippen LogP contribution is -2.10. The minimum atomic E-state index is -0.319. The van der Waals surface area contributed by atoms with Crippen LogP contribution in [0.5, 0.6) is 0 Å². The highest BCUT2D eigenvalue weighted by Crippen LogP contribution is 2.33. The predicted octanol–water partition coefficient (Wildman–Crippen LogP) is 3.44. The number of amides is 1. The topological polar surface area (TPSA) is 66.0 Å². The molecule has 0 aliphatic heterocycles. The van der Waals surface area contributed by atoms with Gasteiger partial charge in [0, 0.05) is 5.39 Å². The van der Waals surface area contributed by atoms with Crippen LogP contribution in [0.1, 0.15) is 6.42 Å².